The fourth-order valence-electron chi connectivity index (χ4n) is 3.15. The first kappa shape index (κ1) is 14.6. The van der Waals surface area contributed by atoms with Crippen LogP contribution in [0.25, 0.3) is 0 Å². The van der Waals surface area contributed by atoms with Crippen LogP contribution in [0.4, 0.5) is 0 Å². The molecule has 2 nitrogen and oxygen atoms in total. The highest BCUT2D eigenvalue weighted by molar-refractivity contribution is 5.99. The first-order valence-electron chi connectivity index (χ1n) is 8.34. The SMILES string of the molecule is CN1CCCCCCC(/C2=C/CCCCCCC2)=N/1. The molecule has 2 heteroatoms. The molecular weight excluding hydrogens is 232 g/mol. The van der Waals surface area contributed by atoms with E-state index in [1.807, 2.05) is 0 Å². The molecule has 0 spiro atoms. The first-order valence-corrected chi connectivity index (χ1v) is 8.34. The van der Waals surface area contributed by atoms with Crippen LogP contribution in [0, 0.1) is 0 Å². The number of hydrogen-bond donors (Lipinski definition) is 0. The molecule has 0 aromatic carbocycles. The lowest BCUT2D eigenvalue weighted by Crippen LogP contribution is -2.16. The van der Waals surface area contributed by atoms with Gasteiger partial charge in [0.25, 0.3) is 0 Å². The normalized spacial score (nSPS) is 29.4. The quantitative estimate of drug-likeness (QED) is 0.655. The summed E-state index contributed by atoms with van der Waals surface area (Å²) < 4.78 is 0. The molecule has 1 aliphatic heterocycles. The van der Waals surface area contributed by atoms with Crippen molar-refractivity contribution in [3.8, 4) is 0 Å². The fraction of sp³-hybridized carbons (Fsp3) is 0.824. The van der Waals surface area contributed by atoms with Crippen LogP contribution in [0.3, 0.4) is 0 Å². The smallest absolute Gasteiger partial charge is 0.0634 e. The first-order chi connectivity index (χ1) is 9.36. The molecule has 19 heavy (non-hydrogen) atoms. The van der Waals surface area contributed by atoms with E-state index in [1.165, 1.54) is 82.8 Å². The zero-order chi connectivity index (χ0) is 13.3. The Morgan fingerprint density at radius 1 is 0.842 bits per heavy atom. The summed E-state index contributed by atoms with van der Waals surface area (Å²) in [5.74, 6) is 0. The Kier molecular flexibility index (Phi) is 6.46. The van der Waals surface area contributed by atoms with Crippen LogP contribution in [-0.2, 0) is 0 Å². The lowest BCUT2D eigenvalue weighted by Gasteiger charge is -2.16. The maximum atomic E-state index is 4.90. The molecule has 0 bridgehead atoms. The van der Waals surface area contributed by atoms with Gasteiger partial charge in [-0.1, -0.05) is 38.2 Å². The second-order valence-corrected chi connectivity index (χ2v) is 6.13. The van der Waals surface area contributed by atoms with E-state index < -0.39 is 0 Å². The molecule has 0 aromatic heterocycles. The molecule has 0 fully saturated rings. The number of hydrogen-bond acceptors (Lipinski definition) is 2. The molecule has 0 unspecified atom stereocenters. The Morgan fingerprint density at radius 3 is 2.42 bits per heavy atom. The Bertz CT molecular complexity index is 317. The van der Waals surface area contributed by atoms with Crippen LogP contribution in [0.1, 0.15) is 77.0 Å². The topological polar surface area (TPSA) is 15.6 Å². The van der Waals surface area contributed by atoms with Crippen LogP contribution >= 0.6 is 0 Å². The predicted molar refractivity (Wildman–Crippen MR) is 83.6 cm³/mol. The van der Waals surface area contributed by atoms with Crippen molar-refractivity contribution in [2.75, 3.05) is 13.6 Å². The summed E-state index contributed by atoms with van der Waals surface area (Å²) >= 11 is 0. The van der Waals surface area contributed by atoms with Crippen molar-refractivity contribution in [2.45, 2.75) is 77.0 Å². The van der Waals surface area contributed by atoms with Crippen LogP contribution in [0.2, 0.25) is 0 Å². The van der Waals surface area contributed by atoms with E-state index in [2.05, 4.69) is 18.1 Å². The van der Waals surface area contributed by atoms with Gasteiger partial charge in [0.1, 0.15) is 0 Å². The van der Waals surface area contributed by atoms with Gasteiger partial charge in [-0.05, 0) is 50.5 Å². The number of hydrazone groups is 1. The standard InChI is InChI=1S/C17H30N2/c1-19-15-11-7-6-10-14-17(18-19)16-12-8-4-2-3-5-9-13-16/h12H,2-11,13-15H2,1H3/b16-12+,18-17-. The molecular formula is C17H30N2. The van der Waals surface area contributed by atoms with Crippen molar-refractivity contribution in [3.63, 3.8) is 0 Å². The van der Waals surface area contributed by atoms with Crippen LogP contribution < -0.4 is 0 Å². The summed E-state index contributed by atoms with van der Waals surface area (Å²) in [6.45, 7) is 1.12. The largest absolute Gasteiger partial charge is 0.300 e. The van der Waals surface area contributed by atoms with Crippen molar-refractivity contribution < 1.29 is 0 Å². The summed E-state index contributed by atoms with van der Waals surface area (Å²) in [6, 6.07) is 0. The van der Waals surface area contributed by atoms with Crippen LogP contribution in [0.5, 0.6) is 0 Å². The lowest BCUT2D eigenvalue weighted by atomic mass is 9.98. The Hall–Kier alpha value is -0.790. The average molecular weight is 262 g/mol. The molecule has 0 aromatic rings. The molecule has 0 amide bonds. The predicted octanol–water partition coefficient (Wildman–Crippen LogP) is 4.91. The van der Waals surface area contributed by atoms with Crippen LogP contribution in [0.15, 0.2) is 16.8 Å². The van der Waals surface area contributed by atoms with Crippen molar-refractivity contribution in [3.05, 3.63) is 11.6 Å². The number of rotatable bonds is 1. The second-order valence-electron chi connectivity index (χ2n) is 6.13. The summed E-state index contributed by atoms with van der Waals surface area (Å²) in [7, 11) is 2.14. The Balaban J connectivity index is 2.06. The average Bonchev–Trinajstić information content (AvgIpc) is 2.60. The third kappa shape index (κ3) is 5.38. The Labute approximate surface area is 119 Å². The van der Waals surface area contributed by atoms with Crippen molar-refractivity contribution in [1.82, 2.24) is 5.01 Å². The second kappa shape index (κ2) is 8.39. The van der Waals surface area contributed by atoms with E-state index in [4.69, 9.17) is 5.10 Å². The molecule has 0 saturated carbocycles. The van der Waals surface area contributed by atoms with Gasteiger partial charge < -0.3 is 0 Å². The third-order valence-corrected chi connectivity index (χ3v) is 4.35. The minimum absolute atomic E-state index is 1.12. The molecule has 0 atom stereocenters. The highest BCUT2D eigenvalue weighted by Crippen LogP contribution is 2.21. The molecule has 0 saturated heterocycles. The van der Waals surface area contributed by atoms with Gasteiger partial charge in [0.15, 0.2) is 0 Å². The zero-order valence-corrected chi connectivity index (χ0v) is 12.7. The number of nitrogens with zero attached hydrogens (tertiary/aromatic N) is 2. The maximum Gasteiger partial charge on any atom is 0.0634 e. The molecule has 2 aliphatic rings. The van der Waals surface area contributed by atoms with E-state index in [1.54, 1.807) is 5.57 Å². The van der Waals surface area contributed by atoms with E-state index in [0.29, 0.717) is 0 Å². The minimum Gasteiger partial charge on any atom is -0.300 e. The highest BCUT2D eigenvalue weighted by atomic mass is 15.4. The highest BCUT2D eigenvalue weighted by Gasteiger charge is 2.11. The molecule has 1 heterocycles. The summed E-state index contributed by atoms with van der Waals surface area (Å²) in [4.78, 5) is 0. The van der Waals surface area contributed by atoms with Gasteiger partial charge in [0.2, 0.25) is 0 Å². The third-order valence-electron chi connectivity index (χ3n) is 4.35. The van der Waals surface area contributed by atoms with Gasteiger partial charge in [-0.25, -0.2) is 0 Å². The monoisotopic (exact) mass is 262 g/mol. The lowest BCUT2D eigenvalue weighted by molar-refractivity contribution is 0.345. The fourth-order valence-corrected chi connectivity index (χ4v) is 3.15. The van der Waals surface area contributed by atoms with Crippen molar-refractivity contribution in [2.24, 2.45) is 5.10 Å². The van der Waals surface area contributed by atoms with Gasteiger partial charge in [-0.2, -0.15) is 5.10 Å². The number of allylic oxidation sites excluding steroid dienone is 2. The summed E-state index contributed by atoms with van der Waals surface area (Å²) in [5.41, 5.74) is 2.96. The van der Waals surface area contributed by atoms with Crippen molar-refractivity contribution in [1.29, 1.82) is 0 Å². The molecule has 0 radical (unpaired) electrons. The van der Waals surface area contributed by atoms with Crippen LogP contribution in [-0.4, -0.2) is 24.3 Å². The summed E-state index contributed by atoms with van der Waals surface area (Å²) in [5, 5.41) is 7.08. The van der Waals surface area contributed by atoms with Gasteiger partial charge >= 0.3 is 0 Å². The van der Waals surface area contributed by atoms with Gasteiger partial charge in [0.05, 0.1) is 5.71 Å². The van der Waals surface area contributed by atoms with E-state index in [-0.39, 0.29) is 0 Å². The molecule has 0 N–H and O–H groups in total. The minimum atomic E-state index is 1.12. The molecule has 1 aliphatic carbocycles. The Morgan fingerprint density at radius 2 is 1.53 bits per heavy atom. The van der Waals surface area contributed by atoms with Crippen molar-refractivity contribution >= 4 is 5.71 Å². The maximum absolute atomic E-state index is 4.90. The van der Waals surface area contributed by atoms with E-state index in [9.17, 15) is 0 Å². The van der Waals surface area contributed by atoms with Gasteiger partial charge in [-0.3, -0.25) is 5.01 Å². The zero-order valence-electron chi connectivity index (χ0n) is 12.7. The summed E-state index contributed by atoms with van der Waals surface area (Å²) in [6.07, 6.45) is 18.5. The van der Waals surface area contributed by atoms with Gasteiger partial charge in [-0.15, -0.1) is 0 Å². The molecule has 2 rings (SSSR count). The van der Waals surface area contributed by atoms with E-state index >= 15 is 0 Å². The van der Waals surface area contributed by atoms with Gasteiger partial charge in [0, 0.05) is 13.6 Å². The van der Waals surface area contributed by atoms with E-state index in [0.717, 1.165) is 6.54 Å². The molecule has 108 valence electrons.